The van der Waals surface area contributed by atoms with Crippen molar-refractivity contribution in [2.45, 2.75) is 0 Å². The zero-order valence-electron chi connectivity index (χ0n) is 9.42. The summed E-state index contributed by atoms with van der Waals surface area (Å²) in [5.74, 6) is 2.87. The highest BCUT2D eigenvalue weighted by Crippen LogP contribution is 2.47. The van der Waals surface area contributed by atoms with Gasteiger partial charge in [-0.15, -0.1) is 11.3 Å². The van der Waals surface area contributed by atoms with Gasteiger partial charge in [0, 0.05) is 22.4 Å². The maximum absolute atomic E-state index is 4.50. The Labute approximate surface area is 108 Å². The minimum Gasteiger partial charge on any atom is -0.252 e. The molecule has 1 aliphatic rings. The summed E-state index contributed by atoms with van der Waals surface area (Å²) in [6.07, 6.45) is 3.49. The van der Waals surface area contributed by atoms with E-state index in [1.165, 1.54) is 20.9 Å². The molecule has 0 fully saturated rings. The fourth-order valence-electron chi connectivity index (χ4n) is 2.28. The molecule has 0 saturated heterocycles. The average Bonchev–Trinajstić information content (AvgIpc) is 2.61. The van der Waals surface area contributed by atoms with E-state index in [0.29, 0.717) is 0 Å². The number of fused-ring (bicyclic) bond motifs is 5. The van der Waals surface area contributed by atoms with Crippen LogP contribution in [0.2, 0.25) is 0 Å². The van der Waals surface area contributed by atoms with E-state index in [1.807, 2.05) is 0 Å². The van der Waals surface area contributed by atoms with Gasteiger partial charge in [0.15, 0.2) is 5.00 Å². The van der Waals surface area contributed by atoms with Crippen LogP contribution < -0.4 is 0 Å². The Morgan fingerprint density at radius 3 is 3.00 bits per heavy atom. The van der Waals surface area contributed by atoms with E-state index in [0.717, 1.165) is 10.7 Å². The Bertz CT molecular complexity index is 865. The van der Waals surface area contributed by atoms with Crippen LogP contribution in [0.15, 0.2) is 52.5 Å². The van der Waals surface area contributed by atoms with Crippen LogP contribution >= 0.6 is 11.3 Å². The highest BCUT2D eigenvalue weighted by molar-refractivity contribution is 7.23. The Morgan fingerprint density at radius 1 is 1.06 bits per heavy atom. The lowest BCUT2D eigenvalue weighted by Gasteiger charge is -2.00. The van der Waals surface area contributed by atoms with Crippen molar-refractivity contribution >= 4 is 55.0 Å². The number of thiophene rings is 1. The summed E-state index contributed by atoms with van der Waals surface area (Å²) in [5, 5.41) is 4.61. The van der Waals surface area contributed by atoms with Gasteiger partial charge in [-0.25, -0.2) is 0 Å². The number of benzene rings is 2. The molecule has 1 aromatic heterocycles. The normalized spacial score (nSPS) is 13.1. The Morgan fingerprint density at radius 2 is 2.00 bits per heavy atom. The summed E-state index contributed by atoms with van der Waals surface area (Å²) in [7, 11) is 0. The van der Waals surface area contributed by atoms with Crippen LogP contribution in [0.5, 0.6) is 0 Å². The van der Waals surface area contributed by atoms with Crippen molar-refractivity contribution in [2.75, 3.05) is 0 Å². The monoisotopic (exact) mass is 248 g/mol. The molecule has 0 saturated carbocycles. The molecule has 84 valence electrons. The summed E-state index contributed by atoms with van der Waals surface area (Å²) < 4.78 is 1.23. The van der Waals surface area contributed by atoms with Crippen LogP contribution in [-0.4, -0.2) is 12.1 Å². The van der Waals surface area contributed by atoms with Gasteiger partial charge in [-0.3, -0.25) is 4.99 Å². The molecule has 1 aliphatic heterocycles. The summed E-state index contributed by atoms with van der Waals surface area (Å²) in [6, 6.07) is 12.7. The summed E-state index contributed by atoms with van der Waals surface area (Å²) in [6.45, 7) is 0. The predicted octanol–water partition coefficient (Wildman–Crippen LogP) is 4.63. The predicted molar refractivity (Wildman–Crippen MR) is 79.1 cm³/mol. The van der Waals surface area contributed by atoms with Gasteiger partial charge in [-0.05, 0) is 22.7 Å². The SMILES string of the molecule is C1=CC=Nc2c(sc3ccc4ccccc4c23)N=1. The van der Waals surface area contributed by atoms with E-state index in [-0.39, 0.29) is 0 Å². The Balaban J connectivity index is 2.26. The molecule has 0 atom stereocenters. The molecule has 0 radical (unpaired) electrons. The standard InChI is InChI=1S/C15H8N2S/c1-2-5-11-10(4-1)6-7-12-13(11)14-15(18-12)17-9-3-8-16-14/h1-8H. The number of allylic oxidation sites excluding steroid dienone is 1. The summed E-state index contributed by atoms with van der Waals surface area (Å²) in [4.78, 5) is 8.82. The van der Waals surface area contributed by atoms with Gasteiger partial charge >= 0.3 is 0 Å². The molecule has 3 aromatic rings. The Kier molecular flexibility index (Phi) is 1.97. The molecular formula is C15H8N2S. The van der Waals surface area contributed by atoms with Crippen LogP contribution in [0.25, 0.3) is 20.9 Å². The van der Waals surface area contributed by atoms with E-state index in [4.69, 9.17) is 0 Å². The van der Waals surface area contributed by atoms with E-state index in [1.54, 1.807) is 23.6 Å². The van der Waals surface area contributed by atoms with Gasteiger partial charge in [-0.2, -0.15) is 4.99 Å². The molecule has 0 N–H and O–H groups in total. The number of rotatable bonds is 0. The van der Waals surface area contributed by atoms with Crippen LogP contribution in [0, 0.1) is 0 Å². The van der Waals surface area contributed by atoms with Crippen molar-refractivity contribution in [2.24, 2.45) is 9.98 Å². The fraction of sp³-hybridized carbons (Fsp3) is 0. The largest absolute Gasteiger partial charge is 0.252 e. The van der Waals surface area contributed by atoms with Crippen molar-refractivity contribution in [3.8, 4) is 0 Å². The minimum atomic E-state index is 0.936. The van der Waals surface area contributed by atoms with Crippen molar-refractivity contribution in [3.63, 3.8) is 0 Å². The maximum atomic E-state index is 4.50. The van der Waals surface area contributed by atoms with Crippen molar-refractivity contribution in [1.29, 1.82) is 0 Å². The van der Waals surface area contributed by atoms with Gasteiger partial charge in [0.1, 0.15) is 5.69 Å². The smallest absolute Gasteiger partial charge is 0.153 e. The number of hydrogen-bond donors (Lipinski definition) is 0. The van der Waals surface area contributed by atoms with Gasteiger partial charge in [0.05, 0.1) is 0 Å². The topological polar surface area (TPSA) is 24.7 Å². The maximum Gasteiger partial charge on any atom is 0.153 e. The fourth-order valence-corrected chi connectivity index (χ4v) is 3.28. The average molecular weight is 248 g/mol. The molecule has 0 amide bonds. The molecule has 2 nitrogen and oxygen atoms in total. The second-order valence-corrected chi connectivity index (χ2v) is 5.13. The van der Waals surface area contributed by atoms with E-state index in [2.05, 4.69) is 52.3 Å². The third-order valence-electron chi connectivity index (χ3n) is 3.06. The zero-order valence-corrected chi connectivity index (χ0v) is 10.2. The number of nitrogens with zero attached hydrogens (tertiary/aromatic N) is 2. The number of aliphatic imine (C=N–C) groups is 2. The van der Waals surface area contributed by atoms with Crippen LogP contribution in [-0.2, 0) is 0 Å². The number of hydrogen-bond acceptors (Lipinski definition) is 3. The van der Waals surface area contributed by atoms with Crippen LogP contribution in [0.4, 0.5) is 10.7 Å². The highest BCUT2D eigenvalue weighted by Gasteiger charge is 2.13. The first-order valence-electron chi connectivity index (χ1n) is 5.70. The second-order valence-electron chi connectivity index (χ2n) is 4.10. The molecule has 0 bridgehead atoms. The third-order valence-corrected chi connectivity index (χ3v) is 4.09. The van der Waals surface area contributed by atoms with Gasteiger partial charge in [-0.1, -0.05) is 30.3 Å². The molecule has 18 heavy (non-hydrogen) atoms. The van der Waals surface area contributed by atoms with Crippen molar-refractivity contribution < 1.29 is 0 Å². The lowest BCUT2D eigenvalue weighted by Crippen LogP contribution is -1.73. The zero-order chi connectivity index (χ0) is 11.9. The second kappa shape index (κ2) is 3.64. The van der Waals surface area contributed by atoms with Gasteiger partial charge in [0.2, 0.25) is 0 Å². The van der Waals surface area contributed by atoms with Crippen molar-refractivity contribution in [1.82, 2.24) is 0 Å². The quantitative estimate of drug-likeness (QED) is 0.554. The molecule has 4 rings (SSSR count). The molecule has 0 aliphatic carbocycles. The van der Waals surface area contributed by atoms with Crippen molar-refractivity contribution in [3.05, 3.63) is 42.5 Å². The molecule has 0 unspecified atom stereocenters. The van der Waals surface area contributed by atoms with Crippen LogP contribution in [0.1, 0.15) is 0 Å². The molecule has 3 heteroatoms. The van der Waals surface area contributed by atoms with E-state index in [9.17, 15) is 0 Å². The molecule has 2 heterocycles. The molecule has 2 aromatic carbocycles. The van der Waals surface area contributed by atoms with Gasteiger partial charge in [0.25, 0.3) is 0 Å². The van der Waals surface area contributed by atoms with Gasteiger partial charge < -0.3 is 0 Å². The third kappa shape index (κ3) is 1.29. The molecular weight excluding hydrogens is 240 g/mol. The highest BCUT2D eigenvalue weighted by atomic mass is 32.1. The Hall–Kier alpha value is -2.22. The summed E-state index contributed by atoms with van der Waals surface area (Å²) >= 11 is 1.66. The lowest BCUT2D eigenvalue weighted by atomic mass is 10.1. The van der Waals surface area contributed by atoms with E-state index >= 15 is 0 Å². The summed E-state index contributed by atoms with van der Waals surface area (Å²) in [5.41, 5.74) is 0.966. The first-order chi connectivity index (χ1) is 8.93. The first kappa shape index (κ1) is 9.77. The van der Waals surface area contributed by atoms with Crippen LogP contribution in [0.3, 0.4) is 0 Å². The minimum absolute atomic E-state index is 0.936. The van der Waals surface area contributed by atoms with E-state index < -0.39 is 0 Å². The lowest BCUT2D eigenvalue weighted by molar-refractivity contribution is 1.59. The molecule has 0 spiro atoms. The first-order valence-corrected chi connectivity index (χ1v) is 6.51.